The van der Waals surface area contributed by atoms with E-state index in [9.17, 15) is 0 Å². The molecule has 20 heavy (non-hydrogen) atoms. The van der Waals surface area contributed by atoms with E-state index in [1.54, 1.807) is 11.3 Å². The zero-order valence-electron chi connectivity index (χ0n) is 11.9. The van der Waals surface area contributed by atoms with E-state index in [0.717, 1.165) is 41.2 Å². The van der Waals surface area contributed by atoms with Crippen LogP contribution in [0.25, 0.3) is 10.2 Å². The predicted molar refractivity (Wildman–Crippen MR) is 86.2 cm³/mol. The molecular formula is C16H21N3S. The van der Waals surface area contributed by atoms with Crippen LogP contribution in [0.3, 0.4) is 0 Å². The summed E-state index contributed by atoms with van der Waals surface area (Å²) in [6.45, 7) is 1.14. The van der Waals surface area contributed by atoms with Gasteiger partial charge < -0.3 is 10.6 Å². The molecule has 3 nitrogen and oxygen atoms in total. The lowest BCUT2D eigenvalue weighted by Gasteiger charge is -2.29. The highest BCUT2D eigenvalue weighted by molar-refractivity contribution is 7.16. The van der Waals surface area contributed by atoms with Crippen molar-refractivity contribution in [2.45, 2.75) is 25.7 Å². The molecule has 2 saturated carbocycles. The van der Waals surface area contributed by atoms with Gasteiger partial charge in [0.15, 0.2) is 0 Å². The number of aromatic nitrogens is 1. The van der Waals surface area contributed by atoms with Crippen LogP contribution in [0.1, 0.15) is 25.7 Å². The van der Waals surface area contributed by atoms with Crippen LogP contribution < -0.4 is 10.6 Å². The van der Waals surface area contributed by atoms with Gasteiger partial charge >= 0.3 is 0 Å². The summed E-state index contributed by atoms with van der Waals surface area (Å²) in [6.07, 6.45) is 5.81. The van der Waals surface area contributed by atoms with Crippen LogP contribution in [0, 0.1) is 17.8 Å². The summed E-state index contributed by atoms with van der Waals surface area (Å²) in [5, 5.41) is 0. The summed E-state index contributed by atoms with van der Waals surface area (Å²) in [5.41, 5.74) is 11.1. The van der Waals surface area contributed by atoms with E-state index >= 15 is 0 Å². The second-order valence-electron chi connectivity index (χ2n) is 6.51. The maximum atomic E-state index is 6.32. The van der Waals surface area contributed by atoms with Crippen molar-refractivity contribution in [1.29, 1.82) is 0 Å². The van der Waals surface area contributed by atoms with Gasteiger partial charge in [0.2, 0.25) is 0 Å². The van der Waals surface area contributed by atoms with Crippen LogP contribution >= 0.6 is 11.3 Å². The Hall–Kier alpha value is -1.29. The Morgan fingerprint density at radius 2 is 2.25 bits per heavy atom. The minimum Gasteiger partial charge on any atom is -0.395 e. The summed E-state index contributed by atoms with van der Waals surface area (Å²) in [4.78, 5) is 6.74. The van der Waals surface area contributed by atoms with Crippen LogP contribution in [-0.2, 0) is 0 Å². The first-order valence-electron chi connectivity index (χ1n) is 7.55. The average molecular weight is 287 g/mol. The highest BCUT2D eigenvalue weighted by Gasteiger charge is 2.39. The Morgan fingerprint density at radius 1 is 1.35 bits per heavy atom. The standard InChI is InChI=1S/C16H21N3S/c1-19(8-12-7-10-2-3-11(12)6-10)13-4-5-14-16(15(13)17)18-9-20-14/h4-5,9-12H,2-3,6-8,17H2,1H3. The highest BCUT2D eigenvalue weighted by atomic mass is 32.1. The second kappa shape index (κ2) is 4.62. The summed E-state index contributed by atoms with van der Waals surface area (Å²) >= 11 is 1.65. The maximum Gasteiger partial charge on any atom is 0.106 e. The molecule has 0 spiro atoms. The third-order valence-electron chi connectivity index (χ3n) is 5.32. The lowest BCUT2D eigenvalue weighted by molar-refractivity contribution is 0.337. The maximum absolute atomic E-state index is 6.32. The molecule has 2 N–H and O–H groups in total. The number of nitrogen functional groups attached to an aromatic ring is 1. The van der Waals surface area contributed by atoms with Gasteiger partial charge in [0, 0.05) is 13.6 Å². The number of rotatable bonds is 3. The minimum atomic E-state index is 0.842. The third kappa shape index (κ3) is 1.89. The smallest absolute Gasteiger partial charge is 0.106 e. The quantitative estimate of drug-likeness (QED) is 0.874. The number of nitrogens with two attached hydrogens (primary N) is 1. The van der Waals surface area contributed by atoms with Gasteiger partial charge in [0.25, 0.3) is 0 Å². The monoisotopic (exact) mass is 287 g/mol. The zero-order chi connectivity index (χ0) is 13.7. The van der Waals surface area contributed by atoms with E-state index in [1.165, 1.54) is 30.4 Å². The number of hydrogen-bond donors (Lipinski definition) is 1. The Bertz CT molecular complexity index is 636. The normalized spacial score (nSPS) is 28.4. The van der Waals surface area contributed by atoms with Gasteiger partial charge in [-0.05, 0) is 49.1 Å². The molecule has 0 aliphatic heterocycles. The van der Waals surface area contributed by atoms with Gasteiger partial charge in [-0.15, -0.1) is 11.3 Å². The number of nitrogens with zero attached hydrogens (tertiary/aromatic N) is 2. The van der Waals surface area contributed by atoms with E-state index in [2.05, 4.69) is 29.1 Å². The largest absolute Gasteiger partial charge is 0.395 e. The first-order valence-corrected chi connectivity index (χ1v) is 8.43. The van der Waals surface area contributed by atoms with Gasteiger partial charge in [-0.2, -0.15) is 0 Å². The summed E-state index contributed by atoms with van der Waals surface area (Å²) < 4.78 is 1.18. The summed E-state index contributed by atoms with van der Waals surface area (Å²) in [7, 11) is 2.18. The molecule has 2 aromatic rings. The van der Waals surface area contributed by atoms with Crippen molar-refractivity contribution in [3.63, 3.8) is 0 Å². The number of anilines is 2. The van der Waals surface area contributed by atoms with Crippen molar-refractivity contribution >= 4 is 32.9 Å². The van der Waals surface area contributed by atoms with Crippen molar-refractivity contribution < 1.29 is 0 Å². The molecule has 0 saturated heterocycles. The minimum absolute atomic E-state index is 0.842. The molecule has 1 aromatic carbocycles. The molecule has 3 unspecified atom stereocenters. The van der Waals surface area contributed by atoms with Crippen molar-refractivity contribution in [1.82, 2.24) is 4.98 Å². The fourth-order valence-corrected chi connectivity index (χ4v) is 5.02. The Morgan fingerprint density at radius 3 is 3.00 bits per heavy atom. The van der Waals surface area contributed by atoms with Crippen molar-refractivity contribution in [2.24, 2.45) is 17.8 Å². The summed E-state index contributed by atoms with van der Waals surface area (Å²) in [6, 6.07) is 4.30. The fourth-order valence-electron chi connectivity index (χ4n) is 4.32. The van der Waals surface area contributed by atoms with Crippen molar-refractivity contribution in [3.05, 3.63) is 17.6 Å². The molecule has 2 aliphatic rings. The number of thiazole rings is 1. The van der Waals surface area contributed by atoms with E-state index in [1.807, 2.05) is 5.51 Å². The lowest BCUT2D eigenvalue weighted by atomic mass is 9.88. The first-order chi connectivity index (χ1) is 9.72. The molecule has 2 aliphatic carbocycles. The first kappa shape index (κ1) is 12.5. The second-order valence-corrected chi connectivity index (χ2v) is 7.40. The zero-order valence-corrected chi connectivity index (χ0v) is 12.7. The van der Waals surface area contributed by atoms with E-state index in [-0.39, 0.29) is 0 Å². The van der Waals surface area contributed by atoms with Crippen LogP contribution in [0.4, 0.5) is 11.4 Å². The summed E-state index contributed by atoms with van der Waals surface area (Å²) in [5.74, 6) is 2.84. The number of benzene rings is 1. The SMILES string of the molecule is CN(CC1CC2CCC1C2)c1ccc2scnc2c1N. The van der Waals surface area contributed by atoms with Crippen LogP contribution in [0.15, 0.2) is 17.6 Å². The topological polar surface area (TPSA) is 42.2 Å². The Balaban J connectivity index is 1.57. The van der Waals surface area contributed by atoms with Gasteiger partial charge in [-0.25, -0.2) is 4.98 Å². The molecular weight excluding hydrogens is 266 g/mol. The Kier molecular flexibility index (Phi) is 2.88. The molecule has 2 fully saturated rings. The lowest BCUT2D eigenvalue weighted by Crippen LogP contribution is -2.29. The van der Waals surface area contributed by atoms with Crippen LogP contribution in [-0.4, -0.2) is 18.6 Å². The van der Waals surface area contributed by atoms with Crippen molar-refractivity contribution in [3.8, 4) is 0 Å². The molecule has 1 aromatic heterocycles. The Labute approximate surface area is 123 Å². The van der Waals surface area contributed by atoms with E-state index in [0.29, 0.717) is 0 Å². The van der Waals surface area contributed by atoms with Gasteiger partial charge in [0.05, 0.1) is 21.6 Å². The van der Waals surface area contributed by atoms with Crippen LogP contribution in [0.2, 0.25) is 0 Å². The average Bonchev–Trinajstić information content (AvgIpc) is 3.14. The molecule has 0 amide bonds. The molecule has 0 radical (unpaired) electrons. The number of hydrogen-bond acceptors (Lipinski definition) is 4. The molecule has 106 valence electrons. The van der Waals surface area contributed by atoms with Gasteiger partial charge in [-0.1, -0.05) is 6.42 Å². The molecule has 1 heterocycles. The van der Waals surface area contributed by atoms with Crippen molar-refractivity contribution in [2.75, 3.05) is 24.2 Å². The highest BCUT2D eigenvalue weighted by Crippen LogP contribution is 2.48. The molecule has 2 bridgehead atoms. The van der Waals surface area contributed by atoms with Crippen LogP contribution in [0.5, 0.6) is 0 Å². The van der Waals surface area contributed by atoms with Gasteiger partial charge in [0.1, 0.15) is 5.52 Å². The molecule has 3 atom stereocenters. The van der Waals surface area contributed by atoms with E-state index < -0.39 is 0 Å². The van der Waals surface area contributed by atoms with E-state index in [4.69, 9.17) is 5.73 Å². The number of fused-ring (bicyclic) bond motifs is 3. The fraction of sp³-hybridized carbons (Fsp3) is 0.562. The predicted octanol–water partition coefficient (Wildman–Crippen LogP) is 3.75. The molecule has 4 heteroatoms. The van der Waals surface area contributed by atoms with Gasteiger partial charge in [-0.3, -0.25) is 0 Å². The third-order valence-corrected chi connectivity index (χ3v) is 6.12. The molecule has 4 rings (SSSR count).